The van der Waals surface area contributed by atoms with Crippen molar-refractivity contribution in [1.82, 2.24) is 19.9 Å². The van der Waals surface area contributed by atoms with Crippen molar-refractivity contribution < 1.29 is 9.59 Å². The molecule has 4 rings (SSSR count). The molecule has 0 aliphatic carbocycles. The van der Waals surface area contributed by atoms with Gasteiger partial charge < -0.3 is 10.2 Å². The van der Waals surface area contributed by atoms with Crippen LogP contribution in [-0.2, 0) is 11.3 Å². The van der Waals surface area contributed by atoms with Crippen molar-refractivity contribution in [2.45, 2.75) is 19.4 Å². The summed E-state index contributed by atoms with van der Waals surface area (Å²) >= 11 is 0. The predicted octanol–water partition coefficient (Wildman–Crippen LogP) is 2.32. The lowest BCUT2D eigenvalue weighted by Crippen LogP contribution is -2.25. The average Bonchev–Trinajstić information content (AvgIpc) is 3.38. The Kier molecular flexibility index (Phi) is 4.65. The van der Waals surface area contributed by atoms with Gasteiger partial charge in [0.2, 0.25) is 5.91 Å². The second kappa shape index (κ2) is 7.41. The lowest BCUT2D eigenvalue weighted by atomic mass is 10.1. The average molecular weight is 361 g/mol. The van der Waals surface area contributed by atoms with Crippen LogP contribution in [0.15, 0.2) is 61.3 Å². The first-order valence-corrected chi connectivity index (χ1v) is 8.82. The number of anilines is 1. The van der Waals surface area contributed by atoms with Gasteiger partial charge in [0, 0.05) is 49.4 Å². The molecule has 7 nitrogen and oxygen atoms in total. The highest BCUT2D eigenvalue weighted by molar-refractivity contribution is 5.97. The minimum atomic E-state index is -0.159. The van der Waals surface area contributed by atoms with Crippen LogP contribution >= 0.6 is 0 Å². The largest absolute Gasteiger partial charge is 0.348 e. The van der Waals surface area contributed by atoms with Gasteiger partial charge in [-0.05, 0) is 42.3 Å². The molecule has 0 bridgehead atoms. The van der Waals surface area contributed by atoms with Gasteiger partial charge in [0.25, 0.3) is 5.91 Å². The quantitative estimate of drug-likeness (QED) is 0.756. The third-order valence-electron chi connectivity index (χ3n) is 4.55. The molecule has 136 valence electrons. The lowest BCUT2D eigenvalue weighted by molar-refractivity contribution is -0.117. The molecule has 1 N–H and O–H groups in total. The second-order valence-electron chi connectivity index (χ2n) is 6.37. The Morgan fingerprint density at radius 2 is 2.00 bits per heavy atom. The van der Waals surface area contributed by atoms with Crippen LogP contribution in [0.1, 0.15) is 28.8 Å². The Bertz CT molecular complexity index is 934. The summed E-state index contributed by atoms with van der Waals surface area (Å²) in [5, 5.41) is 2.89. The molecule has 27 heavy (non-hydrogen) atoms. The smallest absolute Gasteiger partial charge is 0.251 e. The van der Waals surface area contributed by atoms with Gasteiger partial charge in [0.15, 0.2) is 0 Å². The van der Waals surface area contributed by atoms with Gasteiger partial charge in [0.1, 0.15) is 12.1 Å². The Balaban J connectivity index is 1.35. The molecular weight excluding hydrogens is 342 g/mol. The van der Waals surface area contributed by atoms with Crippen molar-refractivity contribution in [1.29, 1.82) is 0 Å². The number of hydrogen-bond donors (Lipinski definition) is 1. The third-order valence-corrected chi connectivity index (χ3v) is 4.55. The van der Waals surface area contributed by atoms with E-state index in [1.54, 1.807) is 35.8 Å². The molecule has 0 saturated carbocycles. The van der Waals surface area contributed by atoms with Gasteiger partial charge in [-0.2, -0.15) is 0 Å². The highest BCUT2D eigenvalue weighted by Crippen LogP contribution is 2.21. The highest BCUT2D eigenvalue weighted by atomic mass is 16.2. The summed E-state index contributed by atoms with van der Waals surface area (Å²) in [6.07, 6.45) is 8.41. The number of hydrogen-bond acceptors (Lipinski definition) is 4. The van der Waals surface area contributed by atoms with Crippen molar-refractivity contribution in [2.75, 3.05) is 11.4 Å². The molecule has 0 radical (unpaired) electrons. The van der Waals surface area contributed by atoms with Crippen LogP contribution in [0.4, 0.5) is 5.69 Å². The van der Waals surface area contributed by atoms with Gasteiger partial charge in [0.05, 0.1) is 0 Å². The first kappa shape index (κ1) is 17.0. The molecule has 7 heteroatoms. The normalized spacial score (nSPS) is 13.8. The zero-order valence-electron chi connectivity index (χ0n) is 14.7. The maximum Gasteiger partial charge on any atom is 0.251 e. The number of pyridine rings is 1. The van der Waals surface area contributed by atoms with Crippen LogP contribution in [0.5, 0.6) is 0 Å². The fourth-order valence-corrected chi connectivity index (χ4v) is 3.07. The maximum atomic E-state index is 12.3. The van der Waals surface area contributed by atoms with E-state index in [0.717, 1.165) is 30.0 Å². The molecule has 0 atom stereocenters. The molecule has 3 aromatic rings. The zero-order chi connectivity index (χ0) is 18.6. The van der Waals surface area contributed by atoms with Gasteiger partial charge >= 0.3 is 0 Å². The van der Waals surface area contributed by atoms with Crippen molar-refractivity contribution in [3.05, 3.63) is 72.4 Å². The molecule has 1 aliphatic heterocycles. The van der Waals surface area contributed by atoms with Gasteiger partial charge in [-0.25, -0.2) is 9.97 Å². The summed E-state index contributed by atoms with van der Waals surface area (Å²) < 4.78 is 1.81. The molecule has 2 amide bonds. The van der Waals surface area contributed by atoms with E-state index in [-0.39, 0.29) is 11.8 Å². The monoisotopic (exact) mass is 361 g/mol. The number of carbonyl (C=O) groups is 2. The summed E-state index contributed by atoms with van der Waals surface area (Å²) in [7, 11) is 0. The van der Waals surface area contributed by atoms with E-state index in [1.165, 1.54) is 0 Å². The number of carbonyl (C=O) groups excluding carboxylic acids is 2. The molecule has 0 unspecified atom stereocenters. The molecule has 0 spiro atoms. The van der Waals surface area contributed by atoms with Crippen LogP contribution in [0.25, 0.3) is 5.82 Å². The number of nitrogens with one attached hydrogen (secondary N) is 1. The molecular formula is C20H19N5O2. The summed E-state index contributed by atoms with van der Waals surface area (Å²) in [6.45, 7) is 1.13. The zero-order valence-corrected chi connectivity index (χ0v) is 14.7. The minimum Gasteiger partial charge on any atom is -0.348 e. The summed E-state index contributed by atoms with van der Waals surface area (Å²) in [4.78, 5) is 34.3. The number of imidazole rings is 1. The number of rotatable bonds is 5. The molecule has 2 aromatic heterocycles. The van der Waals surface area contributed by atoms with E-state index < -0.39 is 0 Å². The number of amides is 2. The molecule has 1 saturated heterocycles. The Hall–Kier alpha value is -3.48. The van der Waals surface area contributed by atoms with Crippen molar-refractivity contribution in [2.24, 2.45) is 0 Å². The first-order chi connectivity index (χ1) is 13.2. The summed E-state index contributed by atoms with van der Waals surface area (Å²) in [5.41, 5.74) is 2.31. The maximum absolute atomic E-state index is 12.3. The Morgan fingerprint density at radius 1 is 1.15 bits per heavy atom. The fraction of sp³-hybridized carbons (Fsp3) is 0.200. The van der Waals surface area contributed by atoms with E-state index in [4.69, 9.17) is 0 Å². The van der Waals surface area contributed by atoms with Crippen LogP contribution < -0.4 is 10.2 Å². The number of nitrogens with zero attached hydrogens (tertiary/aromatic N) is 4. The number of benzene rings is 1. The molecule has 1 fully saturated rings. The van der Waals surface area contributed by atoms with Crippen LogP contribution in [-0.4, -0.2) is 32.9 Å². The van der Waals surface area contributed by atoms with E-state index in [9.17, 15) is 9.59 Å². The van der Waals surface area contributed by atoms with Gasteiger partial charge in [-0.15, -0.1) is 0 Å². The predicted molar refractivity (Wildman–Crippen MR) is 101 cm³/mol. The molecule has 3 heterocycles. The van der Waals surface area contributed by atoms with E-state index >= 15 is 0 Å². The first-order valence-electron chi connectivity index (χ1n) is 8.82. The summed E-state index contributed by atoms with van der Waals surface area (Å²) in [5.74, 6) is 0.751. The van der Waals surface area contributed by atoms with Crippen LogP contribution in [0.2, 0.25) is 0 Å². The second-order valence-corrected chi connectivity index (χ2v) is 6.37. The van der Waals surface area contributed by atoms with Crippen molar-refractivity contribution >= 4 is 17.5 Å². The molecule has 1 aromatic carbocycles. The third kappa shape index (κ3) is 3.72. The van der Waals surface area contributed by atoms with Crippen LogP contribution in [0.3, 0.4) is 0 Å². The lowest BCUT2D eigenvalue weighted by Gasteiger charge is -2.15. The van der Waals surface area contributed by atoms with Crippen molar-refractivity contribution in [3.8, 4) is 5.82 Å². The van der Waals surface area contributed by atoms with Gasteiger partial charge in [-0.1, -0.05) is 6.07 Å². The molecule has 1 aliphatic rings. The Morgan fingerprint density at radius 3 is 2.63 bits per heavy atom. The Labute approximate surface area is 156 Å². The van der Waals surface area contributed by atoms with E-state index in [1.807, 2.05) is 35.0 Å². The van der Waals surface area contributed by atoms with Crippen LogP contribution in [0, 0.1) is 0 Å². The number of aromatic nitrogens is 3. The topological polar surface area (TPSA) is 80.1 Å². The van der Waals surface area contributed by atoms with E-state index in [2.05, 4.69) is 15.3 Å². The SMILES string of the molecule is O=C(NCc1ccc(-n2ccnc2)nc1)c1ccc(N2CCCC2=O)cc1. The minimum absolute atomic E-state index is 0.138. The van der Waals surface area contributed by atoms with Crippen molar-refractivity contribution in [3.63, 3.8) is 0 Å². The highest BCUT2D eigenvalue weighted by Gasteiger charge is 2.21. The standard InChI is InChI=1S/C20H19N5O2/c26-19-2-1-10-25(19)17-6-4-16(5-7-17)20(27)23-13-15-3-8-18(22-12-15)24-11-9-21-14-24/h3-9,11-12,14H,1-2,10,13H2,(H,23,27). The van der Waals surface area contributed by atoms with E-state index in [0.29, 0.717) is 18.5 Å². The summed E-state index contributed by atoms with van der Waals surface area (Å²) in [6, 6.07) is 10.9. The van der Waals surface area contributed by atoms with Gasteiger partial charge in [-0.3, -0.25) is 14.2 Å². The fourth-order valence-electron chi connectivity index (χ4n) is 3.07.